The highest BCUT2D eigenvalue weighted by atomic mass is 32.2. The van der Waals surface area contributed by atoms with E-state index in [0.29, 0.717) is 11.5 Å². The smallest absolute Gasteiger partial charge is 0.175 e. The van der Waals surface area contributed by atoms with Gasteiger partial charge in [0.25, 0.3) is 0 Å². The van der Waals surface area contributed by atoms with E-state index in [4.69, 9.17) is 4.74 Å². The van der Waals surface area contributed by atoms with Gasteiger partial charge >= 0.3 is 0 Å². The standard InChI is InChI=1S/C13H20O3S/c1-3-4-5-6-11-16-12-7-9-13(10-8-12)17(2,14)15/h7-10H,3-6,11H2,1-2H3. The maximum absolute atomic E-state index is 11.2. The number of rotatable bonds is 7. The van der Waals surface area contributed by atoms with Crippen molar-refractivity contribution in [1.29, 1.82) is 0 Å². The molecule has 0 saturated carbocycles. The molecule has 0 aliphatic rings. The minimum Gasteiger partial charge on any atom is -0.494 e. The lowest BCUT2D eigenvalue weighted by Crippen LogP contribution is -1.99. The number of benzene rings is 1. The van der Waals surface area contributed by atoms with Crippen LogP contribution in [0.5, 0.6) is 5.75 Å². The highest BCUT2D eigenvalue weighted by Gasteiger charge is 2.06. The topological polar surface area (TPSA) is 43.4 Å². The fourth-order valence-corrected chi connectivity index (χ4v) is 2.13. The molecule has 1 rings (SSSR count). The van der Waals surface area contributed by atoms with Crippen LogP contribution in [0.15, 0.2) is 29.2 Å². The van der Waals surface area contributed by atoms with Gasteiger partial charge in [-0.15, -0.1) is 0 Å². The molecule has 0 aliphatic carbocycles. The molecular formula is C13H20O3S. The van der Waals surface area contributed by atoms with Gasteiger partial charge in [-0.1, -0.05) is 26.2 Å². The van der Waals surface area contributed by atoms with Gasteiger partial charge in [0.05, 0.1) is 11.5 Å². The molecule has 0 spiro atoms. The molecular weight excluding hydrogens is 236 g/mol. The summed E-state index contributed by atoms with van der Waals surface area (Å²) in [5, 5.41) is 0. The van der Waals surface area contributed by atoms with E-state index in [9.17, 15) is 8.42 Å². The van der Waals surface area contributed by atoms with Gasteiger partial charge < -0.3 is 4.74 Å². The van der Waals surface area contributed by atoms with Gasteiger partial charge in [0.2, 0.25) is 0 Å². The average Bonchev–Trinajstić information content (AvgIpc) is 2.28. The highest BCUT2D eigenvalue weighted by molar-refractivity contribution is 7.90. The van der Waals surface area contributed by atoms with E-state index in [1.807, 2.05) is 0 Å². The van der Waals surface area contributed by atoms with E-state index in [0.717, 1.165) is 12.2 Å². The summed E-state index contributed by atoms with van der Waals surface area (Å²) in [5.74, 6) is 0.730. The van der Waals surface area contributed by atoms with Crippen LogP contribution in [0.25, 0.3) is 0 Å². The summed E-state index contributed by atoms with van der Waals surface area (Å²) in [6.45, 7) is 2.86. The van der Waals surface area contributed by atoms with Crippen molar-refractivity contribution in [2.75, 3.05) is 12.9 Å². The summed E-state index contributed by atoms with van der Waals surface area (Å²) in [6.07, 6.45) is 5.87. The van der Waals surface area contributed by atoms with E-state index in [1.54, 1.807) is 24.3 Å². The normalized spacial score (nSPS) is 11.4. The average molecular weight is 256 g/mol. The summed E-state index contributed by atoms with van der Waals surface area (Å²) >= 11 is 0. The zero-order chi connectivity index (χ0) is 12.7. The van der Waals surface area contributed by atoms with Gasteiger partial charge in [-0.2, -0.15) is 0 Å². The Bertz CT molecular complexity index is 420. The van der Waals surface area contributed by atoms with Crippen LogP contribution in [0.1, 0.15) is 32.6 Å². The molecule has 0 radical (unpaired) electrons. The largest absolute Gasteiger partial charge is 0.494 e. The van der Waals surface area contributed by atoms with Gasteiger partial charge in [-0.05, 0) is 30.7 Å². The lowest BCUT2D eigenvalue weighted by Gasteiger charge is -2.06. The molecule has 3 nitrogen and oxygen atoms in total. The lowest BCUT2D eigenvalue weighted by atomic mass is 10.2. The van der Waals surface area contributed by atoms with Crippen molar-refractivity contribution in [2.45, 2.75) is 37.5 Å². The quantitative estimate of drug-likeness (QED) is 0.704. The third-order valence-corrected chi connectivity index (χ3v) is 3.65. The SMILES string of the molecule is CCCCCCOc1ccc(S(C)(=O)=O)cc1. The molecule has 0 atom stereocenters. The van der Waals surface area contributed by atoms with E-state index in [1.165, 1.54) is 25.5 Å². The summed E-state index contributed by atoms with van der Waals surface area (Å²) in [7, 11) is -3.11. The Hall–Kier alpha value is -1.03. The van der Waals surface area contributed by atoms with Crippen molar-refractivity contribution in [2.24, 2.45) is 0 Å². The van der Waals surface area contributed by atoms with Crippen molar-refractivity contribution in [1.82, 2.24) is 0 Å². The minimum atomic E-state index is -3.11. The zero-order valence-electron chi connectivity index (χ0n) is 10.5. The van der Waals surface area contributed by atoms with Gasteiger partial charge in [-0.25, -0.2) is 8.42 Å². The van der Waals surface area contributed by atoms with Crippen molar-refractivity contribution < 1.29 is 13.2 Å². The third-order valence-electron chi connectivity index (χ3n) is 2.52. The Morgan fingerprint density at radius 2 is 1.71 bits per heavy atom. The monoisotopic (exact) mass is 256 g/mol. The predicted molar refractivity (Wildman–Crippen MR) is 69.2 cm³/mol. The number of ether oxygens (including phenoxy) is 1. The maximum atomic E-state index is 11.2. The summed E-state index contributed by atoms with van der Waals surface area (Å²) in [6, 6.07) is 6.57. The van der Waals surface area contributed by atoms with Gasteiger partial charge in [0.15, 0.2) is 9.84 Å². The summed E-state index contributed by atoms with van der Waals surface area (Å²) in [5.41, 5.74) is 0. The highest BCUT2D eigenvalue weighted by Crippen LogP contribution is 2.16. The molecule has 4 heteroatoms. The van der Waals surface area contributed by atoms with Crippen molar-refractivity contribution >= 4 is 9.84 Å². The molecule has 1 aromatic rings. The predicted octanol–water partition coefficient (Wildman–Crippen LogP) is 3.05. The van der Waals surface area contributed by atoms with Crippen molar-refractivity contribution in [3.63, 3.8) is 0 Å². The molecule has 0 amide bonds. The van der Waals surface area contributed by atoms with Crippen LogP contribution in [0.2, 0.25) is 0 Å². The fourth-order valence-electron chi connectivity index (χ4n) is 1.50. The first-order chi connectivity index (χ1) is 8.04. The van der Waals surface area contributed by atoms with E-state index >= 15 is 0 Å². The zero-order valence-corrected chi connectivity index (χ0v) is 11.3. The van der Waals surface area contributed by atoms with Gasteiger partial charge in [0.1, 0.15) is 5.75 Å². The van der Waals surface area contributed by atoms with Crippen LogP contribution in [-0.2, 0) is 9.84 Å². The van der Waals surface area contributed by atoms with Crippen molar-refractivity contribution in [3.05, 3.63) is 24.3 Å². The van der Waals surface area contributed by atoms with Gasteiger partial charge in [-0.3, -0.25) is 0 Å². The van der Waals surface area contributed by atoms with E-state index in [2.05, 4.69) is 6.92 Å². The number of hydrogen-bond acceptors (Lipinski definition) is 3. The molecule has 0 aliphatic heterocycles. The Morgan fingerprint density at radius 3 is 2.24 bits per heavy atom. The van der Waals surface area contributed by atoms with E-state index in [-0.39, 0.29) is 0 Å². The Morgan fingerprint density at radius 1 is 1.06 bits per heavy atom. The van der Waals surface area contributed by atoms with Crippen LogP contribution >= 0.6 is 0 Å². The van der Waals surface area contributed by atoms with Crippen LogP contribution in [0, 0.1) is 0 Å². The molecule has 0 N–H and O–H groups in total. The second kappa shape index (κ2) is 6.64. The second-order valence-corrected chi connectivity index (χ2v) is 6.17. The molecule has 0 heterocycles. The van der Waals surface area contributed by atoms with Crippen LogP contribution in [0.4, 0.5) is 0 Å². The summed E-state index contributed by atoms with van der Waals surface area (Å²) < 4.78 is 28.0. The van der Waals surface area contributed by atoms with Crippen LogP contribution in [-0.4, -0.2) is 21.3 Å². The number of sulfone groups is 1. The Labute approximate surface area is 104 Å². The van der Waals surface area contributed by atoms with Gasteiger partial charge in [0, 0.05) is 6.26 Å². The Kier molecular flexibility index (Phi) is 5.48. The lowest BCUT2D eigenvalue weighted by molar-refractivity contribution is 0.305. The summed E-state index contributed by atoms with van der Waals surface area (Å²) in [4.78, 5) is 0.329. The molecule has 0 unspecified atom stereocenters. The first kappa shape index (κ1) is 14.0. The molecule has 17 heavy (non-hydrogen) atoms. The molecule has 96 valence electrons. The molecule has 0 aromatic heterocycles. The Balaban J connectivity index is 2.41. The first-order valence-electron chi connectivity index (χ1n) is 5.97. The number of unbranched alkanes of at least 4 members (excludes halogenated alkanes) is 3. The second-order valence-electron chi connectivity index (χ2n) is 4.15. The fraction of sp³-hybridized carbons (Fsp3) is 0.538. The number of hydrogen-bond donors (Lipinski definition) is 0. The molecule has 0 bridgehead atoms. The van der Waals surface area contributed by atoms with Crippen LogP contribution in [0.3, 0.4) is 0 Å². The first-order valence-corrected chi connectivity index (χ1v) is 7.86. The molecule has 0 fully saturated rings. The maximum Gasteiger partial charge on any atom is 0.175 e. The molecule has 0 saturated heterocycles. The van der Waals surface area contributed by atoms with Crippen molar-refractivity contribution in [3.8, 4) is 5.75 Å². The molecule has 1 aromatic carbocycles. The van der Waals surface area contributed by atoms with Crippen LogP contribution < -0.4 is 4.74 Å². The minimum absolute atomic E-state index is 0.329. The third kappa shape index (κ3) is 5.22. The van der Waals surface area contributed by atoms with E-state index < -0.39 is 9.84 Å².